The molecule has 1 atom stereocenters. The van der Waals surface area contributed by atoms with E-state index in [-0.39, 0.29) is 11.4 Å². The molecular formula is C26H27N3O5S. The summed E-state index contributed by atoms with van der Waals surface area (Å²) in [4.78, 5) is 31.0. The Bertz CT molecular complexity index is 1310. The molecule has 2 aromatic carbocycles. The van der Waals surface area contributed by atoms with E-state index in [1.807, 2.05) is 18.2 Å². The number of benzene rings is 2. The van der Waals surface area contributed by atoms with E-state index >= 15 is 0 Å². The first-order valence-electron chi connectivity index (χ1n) is 11.4. The number of nitrogens with zero attached hydrogens (tertiary/aromatic N) is 2. The summed E-state index contributed by atoms with van der Waals surface area (Å²) in [5.74, 6) is -1.24. The van der Waals surface area contributed by atoms with Crippen LogP contribution in [0.5, 0.6) is 5.75 Å². The summed E-state index contributed by atoms with van der Waals surface area (Å²) >= 11 is 0. The molecular weight excluding hydrogens is 466 g/mol. The first kappa shape index (κ1) is 24.4. The lowest BCUT2D eigenvalue weighted by Gasteiger charge is -2.25. The largest absolute Gasteiger partial charge is 0.495 e. The van der Waals surface area contributed by atoms with E-state index in [9.17, 15) is 18.0 Å². The van der Waals surface area contributed by atoms with Crippen LogP contribution in [0.25, 0.3) is 0 Å². The number of hydrogen-bond acceptors (Lipinski definition) is 6. The van der Waals surface area contributed by atoms with E-state index in [4.69, 9.17) is 4.74 Å². The summed E-state index contributed by atoms with van der Waals surface area (Å²) in [6, 6.07) is 21.5. The summed E-state index contributed by atoms with van der Waals surface area (Å²) in [5.41, 5.74) is 1.79. The summed E-state index contributed by atoms with van der Waals surface area (Å²) in [6.45, 7) is 0.477. The van der Waals surface area contributed by atoms with Crippen LogP contribution in [-0.4, -0.2) is 44.6 Å². The summed E-state index contributed by atoms with van der Waals surface area (Å²) in [6.07, 6.45) is 2.65. The molecule has 0 bridgehead atoms. The topological polar surface area (TPSA) is 106 Å². The van der Waals surface area contributed by atoms with Crippen molar-refractivity contribution in [3.63, 3.8) is 0 Å². The second kappa shape index (κ2) is 10.7. The van der Waals surface area contributed by atoms with Crippen LogP contribution in [0.3, 0.4) is 0 Å². The van der Waals surface area contributed by atoms with Crippen molar-refractivity contribution >= 4 is 27.3 Å². The molecule has 0 radical (unpaired) electrons. The third-order valence-corrected chi connectivity index (χ3v) is 7.57. The molecule has 2 heterocycles. The van der Waals surface area contributed by atoms with Gasteiger partial charge in [-0.3, -0.25) is 14.5 Å². The SMILES string of the molecule is COc1ccccc1N1C(=O)CS(=O)(=O)C1c1cccc(C(=O)NCCCCc2ccccc2)n1. The zero-order chi connectivity index (χ0) is 24.8. The number of sulfone groups is 1. The van der Waals surface area contributed by atoms with Crippen molar-refractivity contribution in [3.05, 3.63) is 89.7 Å². The first-order chi connectivity index (χ1) is 16.9. The summed E-state index contributed by atoms with van der Waals surface area (Å²) in [5, 5.41) is 1.50. The van der Waals surface area contributed by atoms with Crippen LogP contribution >= 0.6 is 0 Å². The Morgan fingerprint density at radius 3 is 2.54 bits per heavy atom. The third-order valence-electron chi connectivity index (χ3n) is 5.79. The van der Waals surface area contributed by atoms with Gasteiger partial charge in [-0.1, -0.05) is 48.5 Å². The van der Waals surface area contributed by atoms with Gasteiger partial charge in [-0.05, 0) is 49.1 Å². The predicted molar refractivity (Wildman–Crippen MR) is 133 cm³/mol. The molecule has 4 rings (SSSR count). The number of anilines is 1. The van der Waals surface area contributed by atoms with Crippen molar-refractivity contribution in [2.24, 2.45) is 0 Å². The molecule has 1 fully saturated rings. The molecule has 9 heteroatoms. The van der Waals surface area contributed by atoms with Gasteiger partial charge in [0.25, 0.3) is 5.91 Å². The van der Waals surface area contributed by atoms with Gasteiger partial charge >= 0.3 is 0 Å². The van der Waals surface area contributed by atoms with Crippen LogP contribution in [0, 0.1) is 0 Å². The van der Waals surface area contributed by atoms with Gasteiger partial charge in [-0.25, -0.2) is 13.4 Å². The Labute approximate surface area is 204 Å². The van der Waals surface area contributed by atoms with E-state index < -0.39 is 32.8 Å². The minimum Gasteiger partial charge on any atom is -0.495 e. The number of methoxy groups -OCH3 is 1. The van der Waals surface area contributed by atoms with Gasteiger partial charge in [-0.2, -0.15) is 0 Å². The Hall–Kier alpha value is -3.72. The lowest BCUT2D eigenvalue weighted by molar-refractivity contribution is -0.115. The molecule has 182 valence electrons. The van der Waals surface area contributed by atoms with Crippen molar-refractivity contribution in [2.45, 2.75) is 24.6 Å². The number of aromatic nitrogens is 1. The van der Waals surface area contributed by atoms with Crippen molar-refractivity contribution in [3.8, 4) is 5.75 Å². The summed E-state index contributed by atoms with van der Waals surface area (Å²) in [7, 11) is -2.43. The highest BCUT2D eigenvalue weighted by Crippen LogP contribution is 2.40. The maximum atomic E-state index is 13.0. The van der Waals surface area contributed by atoms with E-state index in [0.717, 1.165) is 19.3 Å². The van der Waals surface area contributed by atoms with Gasteiger partial charge in [0.05, 0.1) is 18.5 Å². The molecule has 1 aliphatic heterocycles. The van der Waals surface area contributed by atoms with Crippen LogP contribution in [0.1, 0.15) is 40.0 Å². The smallest absolute Gasteiger partial charge is 0.269 e. The maximum absolute atomic E-state index is 13.0. The van der Waals surface area contributed by atoms with E-state index in [2.05, 4.69) is 22.4 Å². The van der Waals surface area contributed by atoms with Crippen LogP contribution in [0.4, 0.5) is 5.69 Å². The number of aryl methyl sites for hydroxylation is 1. The maximum Gasteiger partial charge on any atom is 0.269 e. The molecule has 3 aromatic rings. The molecule has 0 spiro atoms. The minimum absolute atomic E-state index is 0.0973. The lowest BCUT2D eigenvalue weighted by atomic mass is 10.1. The highest BCUT2D eigenvalue weighted by atomic mass is 32.2. The van der Waals surface area contributed by atoms with Crippen LogP contribution in [0.15, 0.2) is 72.8 Å². The molecule has 1 N–H and O–H groups in total. The van der Waals surface area contributed by atoms with Gasteiger partial charge < -0.3 is 10.1 Å². The summed E-state index contributed by atoms with van der Waals surface area (Å²) < 4.78 is 31.2. The minimum atomic E-state index is -3.88. The average molecular weight is 494 g/mol. The normalized spacial score (nSPS) is 16.8. The van der Waals surface area contributed by atoms with E-state index in [1.54, 1.807) is 30.3 Å². The third kappa shape index (κ3) is 5.51. The standard InChI is InChI=1S/C26H27N3O5S/c1-34-23-16-6-5-15-22(23)29-24(30)18-35(32,33)26(29)21-14-9-13-20(28-21)25(31)27-17-8-7-12-19-10-3-2-4-11-19/h2-6,9-11,13-16,26H,7-8,12,17-18H2,1H3,(H,27,31). The molecule has 2 amide bonds. The molecule has 0 aliphatic carbocycles. The van der Waals surface area contributed by atoms with Crippen LogP contribution < -0.4 is 15.0 Å². The lowest BCUT2D eigenvalue weighted by Crippen LogP contribution is -2.31. The quantitative estimate of drug-likeness (QED) is 0.459. The number of hydrogen-bond donors (Lipinski definition) is 1. The number of carbonyl (C=O) groups is 2. The molecule has 35 heavy (non-hydrogen) atoms. The van der Waals surface area contributed by atoms with Gasteiger partial charge in [0, 0.05) is 6.54 Å². The Morgan fingerprint density at radius 1 is 1.03 bits per heavy atom. The fraction of sp³-hybridized carbons (Fsp3) is 0.269. The Morgan fingerprint density at radius 2 is 1.77 bits per heavy atom. The molecule has 1 aliphatic rings. The fourth-order valence-corrected chi connectivity index (χ4v) is 5.82. The average Bonchev–Trinajstić information content (AvgIpc) is 3.12. The second-order valence-electron chi connectivity index (χ2n) is 8.24. The fourth-order valence-electron chi connectivity index (χ4n) is 4.12. The van der Waals surface area contributed by atoms with Crippen molar-refractivity contribution in [1.29, 1.82) is 0 Å². The van der Waals surface area contributed by atoms with Gasteiger partial charge in [0.1, 0.15) is 17.2 Å². The first-order valence-corrected chi connectivity index (χ1v) is 13.1. The number of rotatable bonds is 9. The second-order valence-corrected chi connectivity index (χ2v) is 10.3. The highest BCUT2D eigenvalue weighted by molar-refractivity contribution is 7.93. The Kier molecular flexibility index (Phi) is 7.45. The number of carbonyl (C=O) groups excluding carboxylic acids is 2. The van der Waals surface area contributed by atoms with E-state index in [1.165, 1.54) is 29.7 Å². The zero-order valence-corrected chi connectivity index (χ0v) is 20.2. The van der Waals surface area contributed by atoms with Crippen molar-refractivity contribution in [2.75, 3.05) is 24.3 Å². The molecule has 1 saturated heterocycles. The predicted octanol–water partition coefficient (Wildman–Crippen LogP) is 3.30. The van der Waals surface area contributed by atoms with Gasteiger partial charge in [-0.15, -0.1) is 0 Å². The monoisotopic (exact) mass is 493 g/mol. The van der Waals surface area contributed by atoms with Crippen molar-refractivity contribution < 1.29 is 22.7 Å². The number of unbranched alkanes of at least 4 members (excludes halogenated alkanes) is 1. The molecule has 8 nitrogen and oxygen atoms in total. The molecule has 1 aromatic heterocycles. The number of para-hydroxylation sites is 2. The zero-order valence-electron chi connectivity index (χ0n) is 19.4. The number of nitrogens with one attached hydrogen (secondary N) is 1. The highest BCUT2D eigenvalue weighted by Gasteiger charge is 2.47. The van der Waals surface area contributed by atoms with Crippen molar-refractivity contribution in [1.82, 2.24) is 10.3 Å². The van der Waals surface area contributed by atoms with Crippen LogP contribution in [-0.2, 0) is 21.1 Å². The molecule has 0 saturated carbocycles. The van der Waals surface area contributed by atoms with Crippen LogP contribution in [0.2, 0.25) is 0 Å². The van der Waals surface area contributed by atoms with Gasteiger partial charge in [0.15, 0.2) is 15.2 Å². The van der Waals surface area contributed by atoms with Gasteiger partial charge in [0.2, 0.25) is 5.91 Å². The van der Waals surface area contributed by atoms with E-state index in [0.29, 0.717) is 18.0 Å². The number of ether oxygens (including phenoxy) is 1. The Balaban J connectivity index is 1.48. The number of pyridine rings is 1. The number of amides is 2. The molecule has 1 unspecified atom stereocenters.